The van der Waals surface area contributed by atoms with Crippen molar-refractivity contribution in [2.24, 2.45) is 0 Å². The van der Waals surface area contributed by atoms with E-state index in [-0.39, 0.29) is 5.91 Å². The van der Waals surface area contributed by atoms with E-state index in [2.05, 4.69) is 27.5 Å². The van der Waals surface area contributed by atoms with Crippen LogP contribution in [0.3, 0.4) is 0 Å². The molecule has 0 aliphatic carbocycles. The Morgan fingerprint density at radius 1 is 1.12 bits per heavy atom. The van der Waals surface area contributed by atoms with Crippen molar-refractivity contribution in [2.45, 2.75) is 26.8 Å². The number of hydrogen-bond donors (Lipinski definition) is 2. The summed E-state index contributed by atoms with van der Waals surface area (Å²) < 4.78 is 0. The van der Waals surface area contributed by atoms with Gasteiger partial charge in [-0.2, -0.15) is 0 Å². The monoisotopic (exact) mass is 346 g/mol. The van der Waals surface area contributed by atoms with Gasteiger partial charge in [0.25, 0.3) is 5.91 Å². The van der Waals surface area contributed by atoms with E-state index in [1.54, 1.807) is 24.7 Å². The van der Waals surface area contributed by atoms with E-state index in [1.165, 1.54) is 0 Å². The quantitative estimate of drug-likeness (QED) is 0.701. The molecule has 2 heterocycles. The van der Waals surface area contributed by atoms with Gasteiger partial charge in [-0.15, -0.1) is 0 Å². The summed E-state index contributed by atoms with van der Waals surface area (Å²) >= 11 is 0. The first-order valence-corrected chi connectivity index (χ1v) is 8.66. The summed E-state index contributed by atoms with van der Waals surface area (Å²) in [5, 5.41) is 6.28. The largest absolute Gasteiger partial charge is 0.378 e. The molecule has 5 nitrogen and oxygen atoms in total. The van der Waals surface area contributed by atoms with Crippen molar-refractivity contribution < 1.29 is 4.79 Å². The molecular formula is C21H22N4O. The van der Waals surface area contributed by atoms with Gasteiger partial charge in [-0.05, 0) is 42.7 Å². The summed E-state index contributed by atoms with van der Waals surface area (Å²) in [4.78, 5) is 21.1. The number of nitrogens with one attached hydrogen (secondary N) is 2. The Morgan fingerprint density at radius 2 is 2.00 bits per heavy atom. The van der Waals surface area contributed by atoms with E-state index in [9.17, 15) is 4.79 Å². The summed E-state index contributed by atoms with van der Waals surface area (Å²) in [6, 6.07) is 13.6. The van der Waals surface area contributed by atoms with Gasteiger partial charge in [0.1, 0.15) is 0 Å². The van der Waals surface area contributed by atoms with Crippen LogP contribution in [0.5, 0.6) is 0 Å². The predicted octanol–water partition coefficient (Wildman–Crippen LogP) is 4.21. The molecule has 0 fully saturated rings. The highest BCUT2D eigenvalue weighted by molar-refractivity contribution is 6.05. The fourth-order valence-corrected chi connectivity index (χ4v) is 2.74. The standard InChI is InChI=1S/C21H22N4O/c1-3-16-8-6-7-15(2)20(16)25-21(26)17-11-19(13-22-12-17)24-14-18-9-4-5-10-23-18/h4-13,24H,3,14H2,1-2H3,(H,25,26). The zero-order chi connectivity index (χ0) is 18.4. The highest BCUT2D eigenvalue weighted by Gasteiger charge is 2.11. The third-order valence-electron chi connectivity index (χ3n) is 4.18. The third-order valence-corrected chi connectivity index (χ3v) is 4.18. The maximum Gasteiger partial charge on any atom is 0.257 e. The van der Waals surface area contributed by atoms with Gasteiger partial charge in [-0.3, -0.25) is 14.8 Å². The van der Waals surface area contributed by atoms with Crippen LogP contribution in [-0.4, -0.2) is 15.9 Å². The van der Waals surface area contributed by atoms with Crippen molar-refractivity contribution in [1.82, 2.24) is 9.97 Å². The Hall–Kier alpha value is -3.21. The molecule has 2 aromatic heterocycles. The molecule has 0 saturated heterocycles. The zero-order valence-electron chi connectivity index (χ0n) is 15.0. The molecule has 0 unspecified atom stereocenters. The Kier molecular flexibility index (Phi) is 5.59. The number of hydrogen-bond acceptors (Lipinski definition) is 4. The van der Waals surface area contributed by atoms with E-state index < -0.39 is 0 Å². The van der Waals surface area contributed by atoms with Crippen LogP contribution in [0.2, 0.25) is 0 Å². The van der Waals surface area contributed by atoms with Crippen LogP contribution in [0.4, 0.5) is 11.4 Å². The van der Waals surface area contributed by atoms with Gasteiger partial charge in [0.2, 0.25) is 0 Å². The van der Waals surface area contributed by atoms with Crippen LogP contribution in [0, 0.1) is 6.92 Å². The zero-order valence-corrected chi connectivity index (χ0v) is 15.0. The molecule has 0 aliphatic heterocycles. The Bertz CT molecular complexity index is 894. The second-order valence-corrected chi connectivity index (χ2v) is 6.05. The average Bonchev–Trinajstić information content (AvgIpc) is 2.69. The van der Waals surface area contributed by atoms with Crippen LogP contribution in [-0.2, 0) is 13.0 Å². The summed E-state index contributed by atoms with van der Waals surface area (Å²) in [6.45, 7) is 4.65. The van der Waals surface area contributed by atoms with Gasteiger partial charge in [-0.1, -0.05) is 31.2 Å². The number of benzene rings is 1. The van der Waals surface area contributed by atoms with Gasteiger partial charge in [0.05, 0.1) is 23.5 Å². The first-order chi connectivity index (χ1) is 12.7. The Labute approximate surface area is 153 Å². The van der Waals surface area contributed by atoms with Crippen LogP contribution in [0.15, 0.2) is 61.1 Å². The molecule has 3 aromatic rings. The first kappa shape index (κ1) is 17.6. The lowest BCUT2D eigenvalue weighted by Crippen LogP contribution is -2.15. The van der Waals surface area contributed by atoms with Crippen molar-refractivity contribution >= 4 is 17.3 Å². The minimum absolute atomic E-state index is 0.164. The number of pyridine rings is 2. The molecule has 1 amide bonds. The summed E-state index contributed by atoms with van der Waals surface area (Å²) in [5.74, 6) is -0.164. The van der Waals surface area contributed by atoms with Crippen molar-refractivity contribution in [3.8, 4) is 0 Å². The minimum atomic E-state index is -0.164. The fraction of sp³-hybridized carbons (Fsp3) is 0.190. The number of rotatable bonds is 6. The van der Waals surface area contributed by atoms with E-state index in [0.29, 0.717) is 12.1 Å². The highest BCUT2D eigenvalue weighted by Crippen LogP contribution is 2.22. The van der Waals surface area contributed by atoms with Crippen molar-refractivity contribution in [2.75, 3.05) is 10.6 Å². The number of aryl methyl sites for hydroxylation is 2. The van der Waals surface area contributed by atoms with Crippen LogP contribution in [0.1, 0.15) is 34.1 Å². The molecule has 26 heavy (non-hydrogen) atoms. The lowest BCUT2D eigenvalue weighted by atomic mass is 10.1. The van der Waals surface area contributed by atoms with Gasteiger partial charge in [0, 0.05) is 24.3 Å². The van der Waals surface area contributed by atoms with Gasteiger partial charge >= 0.3 is 0 Å². The fourth-order valence-electron chi connectivity index (χ4n) is 2.74. The molecule has 3 rings (SSSR count). The number of para-hydroxylation sites is 1. The molecule has 0 radical (unpaired) electrons. The number of aromatic nitrogens is 2. The first-order valence-electron chi connectivity index (χ1n) is 8.66. The molecular weight excluding hydrogens is 324 g/mol. The summed E-state index contributed by atoms with van der Waals surface area (Å²) in [6.07, 6.45) is 5.89. The molecule has 0 aliphatic rings. The predicted molar refractivity (Wildman–Crippen MR) is 104 cm³/mol. The maximum atomic E-state index is 12.7. The van der Waals surface area contributed by atoms with Crippen molar-refractivity contribution in [1.29, 1.82) is 0 Å². The smallest absolute Gasteiger partial charge is 0.257 e. The maximum absolute atomic E-state index is 12.7. The Balaban J connectivity index is 1.72. The second kappa shape index (κ2) is 8.25. The SMILES string of the molecule is CCc1cccc(C)c1NC(=O)c1cncc(NCc2ccccn2)c1. The number of nitrogens with zero attached hydrogens (tertiary/aromatic N) is 2. The molecule has 132 valence electrons. The number of anilines is 2. The van der Waals surface area contributed by atoms with E-state index in [4.69, 9.17) is 0 Å². The minimum Gasteiger partial charge on any atom is -0.378 e. The molecule has 5 heteroatoms. The van der Waals surface area contributed by atoms with E-state index in [0.717, 1.165) is 34.6 Å². The molecule has 1 aromatic carbocycles. The van der Waals surface area contributed by atoms with Gasteiger partial charge in [-0.25, -0.2) is 0 Å². The normalized spacial score (nSPS) is 10.4. The lowest BCUT2D eigenvalue weighted by Gasteiger charge is -2.13. The van der Waals surface area contributed by atoms with E-state index in [1.807, 2.05) is 43.3 Å². The molecule has 0 spiro atoms. The van der Waals surface area contributed by atoms with Crippen LogP contribution in [0.25, 0.3) is 0 Å². The van der Waals surface area contributed by atoms with Gasteiger partial charge < -0.3 is 10.6 Å². The van der Waals surface area contributed by atoms with Crippen molar-refractivity contribution in [3.63, 3.8) is 0 Å². The van der Waals surface area contributed by atoms with Crippen molar-refractivity contribution in [3.05, 3.63) is 83.4 Å². The van der Waals surface area contributed by atoms with Gasteiger partial charge in [0.15, 0.2) is 0 Å². The second-order valence-electron chi connectivity index (χ2n) is 6.05. The average molecular weight is 346 g/mol. The summed E-state index contributed by atoms with van der Waals surface area (Å²) in [5.41, 5.74) is 5.28. The number of carbonyl (C=O) groups excluding carboxylic acids is 1. The topological polar surface area (TPSA) is 66.9 Å². The molecule has 0 saturated carbocycles. The number of amides is 1. The number of carbonyl (C=O) groups is 1. The summed E-state index contributed by atoms with van der Waals surface area (Å²) in [7, 11) is 0. The lowest BCUT2D eigenvalue weighted by molar-refractivity contribution is 0.102. The molecule has 0 atom stereocenters. The molecule has 0 bridgehead atoms. The van der Waals surface area contributed by atoms with Crippen LogP contribution >= 0.6 is 0 Å². The highest BCUT2D eigenvalue weighted by atomic mass is 16.1. The van der Waals surface area contributed by atoms with Crippen LogP contribution < -0.4 is 10.6 Å². The third kappa shape index (κ3) is 4.25. The van der Waals surface area contributed by atoms with E-state index >= 15 is 0 Å². The Morgan fingerprint density at radius 3 is 2.77 bits per heavy atom. The molecule has 2 N–H and O–H groups in total.